The van der Waals surface area contributed by atoms with Crippen LogP contribution in [-0.2, 0) is 33.2 Å². The number of rotatable bonds is 54. The maximum absolute atomic E-state index is 13.1. The van der Waals surface area contributed by atoms with Gasteiger partial charge in [-0.3, -0.25) is 4.79 Å². The Labute approximate surface area is 486 Å². The Morgan fingerprint density at radius 1 is 0.425 bits per heavy atom. The first-order chi connectivity index (χ1) is 39.1. The molecule has 0 aromatic rings. The van der Waals surface area contributed by atoms with E-state index in [-0.39, 0.29) is 25.6 Å². The lowest BCUT2D eigenvalue weighted by Crippen LogP contribution is -2.61. The van der Waals surface area contributed by atoms with Gasteiger partial charge in [0.1, 0.15) is 54.9 Å². The van der Waals surface area contributed by atoms with Crippen molar-refractivity contribution in [2.24, 2.45) is 0 Å². The van der Waals surface area contributed by atoms with Crippen LogP contribution in [0.3, 0.4) is 0 Å². The number of aliphatic hydroxyl groups excluding tert-OH is 7. The highest BCUT2D eigenvalue weighted by Gasteiger charge is 2.47. The van der Waals surface area contributed by atoms with Gasteiger partial charge in [-0.25, -0.2) is 0 Å². The lowest BCUT2D eigenvalue weighted by molar-refractivity contribution is -0.332. The van der Waals surface area contributed by atoms with Crippen molar-refractivity contribution in [1.82, 2.24) is 0 Å². The zero-order valence-corrected chi connectivity index (χ0v) is 50.6. The van der Waals surface area contributed by atoms with Crippen molar-refractivity contribution in [2.75, 3.05) is 33.0 Å². The summed E-state index contributed by atoms with van der Waals surface area (Å²) in [5, 5.41) is 72.5. The maximum atomic E-state index is 13.1. The van der Waals surface area contributed by atoms with Crippen LogP contribution in [0.15, 0.2) is 48.6 Å². The molecular weight excluding hydrogens is 1020 g/mol. The topological polar surface area (TPSA) is 214 Å². The van der Waals surface area contributed by atoms with Crippen LogP contribution >= 0.6 is 0 Å². The molecule has 2 aliphatic heterocycles. The van der Waals surface area contributed by atoms with Crippen LogP contribution in [0.4, 0.5) is 0 Å². The molecular formula is C66H120O14. The highest BCUT2D eigenvalue weighted by molar-refractivity contribution is 5.69. The molecule has 0 spiro atoms. The van der Waals surface area contributed by atoms with E-state index in [1.807, 2.05) is 0 Å². The first-order valence-corrected chi connectivity index (χ1v) is 32.7. The lowest BCUT2D eigenvalue weighted by Gasteiger charge is -2.42. The van der Waals surface area contributed by atoms with Crippen molar-refractivity contribution >= 4 is 5.97 Å². The van der Waals surface area contributed by atoms with Gasteiger partial charge in [-0.05, 0) is 51.4 Å². The molecule has 0 aromatic carbocycles. The molecule has 14 nitrogen and oxygen atoms in total. The maximum Gasteiger partial charge on any atom is 0.306 e. The highest BCUT2D eigenvalue weighted by Crippen LogP contribution is 2.27. The lowest BCUT2D eigenvalue weighted by atomic mass is 9.98. The molecule has 11 unspecified atom stereocenters. The second-order valence-electron chi connectivity index (χ2n) is 22.9. The molecule has 2 fully saturated rings. The first-order valence-electron chi connectivity index (χ1n) is 32.7. The van der Waals surface area contributed by atoms with Crippen LogP contribution in [0, 0.1) is 0 Å². The summed E-state index contributed by atoms with van der Waals surface area (Å²) in [6.45, 7) is 3.63. The minimum absolute atomic E-state index is 0.0626. The van der Waals surface area contributed by atoms with E-state index in [1.54, 1.807) is 0 Å². The number of carbonyl (C=O) groups excluding carboxylic acids is 1. The average molecular weight is 1140 g/mol. The minimum Gasteiger partial charge on any atom is -0.457 e. The van der Waals surface area contributed by atoms with Crippen molar-refractivity contribution in [3.05, 3.63) is 48.6 Å². The Kier molecular flexibility index (Phi) is 48.6. The smallest absolute Gasteiger partial charge is 0.306 e. The van der Waals surface area contributed by atoms with Crippen molar-refractivity contribution in [3.8, 4) is 0 Å². The van der Waals surface area contributed by atoms with Crippen LogP contribution in [0.5, 0.6) is 0 Å². The number of hydrogen-bond acceptors (Lipinski definition) is 14. The van der Waals surface area contributed by atoms with Gasteiger partial charge in [0.25, 0.3) is 0 Å². The molecule has 11 atom stereocenters. The van der Waals surface area contributed by atoms with Gasteiger partial charge in [0.05, 0.1) is 26.4 Å². The summed E-state index contributed by atoms with van der Waals surface area (Å²) in [5.41, 5.74) is 0. The SMILES string of the molecule is CC/C=C\C/C=C\C/C=C\C/C=C\CCCCCCCCCCCCC(=O)OC(COCCCCCCCCCCCCCCCCCCCCCCCCC)COC1OC(COC2OC(CO)C(O)C(O)C2O)C(O)C(O)C1O. The molecule has 2 saturated heterocycles. The molecule has 0 aromatic heterocycles. The third-order valence-electron chi connectivity index (χ3n) is 15.6. The Hall–Kier alpha value is -2.05. The number of allylic oxidation sites excluding steroid dienone is 8. The van der Waals surface area contributed by atoms with E-state index < -0.39 is 80.7 Å². The summed E-state index contributed by atoms with van der Waals surface area (Å²) in [4.78, 5) is 13.1. The third-order valence-corrected chi connectivity index (χ3v) is 15.6. The van der Waals surface area contributed by atoms with E-state index >= 15 is 0 Å². The summed E-state index contributed by atoms with van der Waals surface area (Å²) in [6.07, 6.45) is 48.9. The van der Waals surface area contributed by atoms with Gasteiger partial charge in [-0.2, -0.15) is 0 Å². The quantitative estimate of drug-likeness (QED) is 0.0172. The van der Waals surface area contributed by atoms with E-state index in [9.17, 15) is 40.5 Å². The Balaban J connectivity index is 1.66. The van der Waals surface area contributed by atoms with Crippen molar-refractivity contribution in [2.45, 2.75) is 332 Å². The van der Waals surface area contributed by atoms with E-state index in [4.69, 9.17) is 28.4 Å². The van der Waals surface area contributed by atoms with Gasteiger partial charge in [0.15, 0.2) is 12.6 Å². The molecule has 0 aliphatic carbocycles. The summed E-state index contributed by atoms with van der Waals surface area (Å²) in [6, 6.07) is 0. The number of esters is 1. The number of unbranched alkanes of at least 4 members (excludes halogenated alkanes) is 32. The van der Waals surface area contributed by atoms with Gasteiger partial charge < -0.3 is 64.2 Å². The van der Waals surface area contributed by atoms with Gasteiger partial charge in [-0.15, -0.1) is 0 Å². The van der Waals surface area contributed by atoms with Gasteiger partial charge in [-0.1, -0.05) is 255 Å². The molecule has 468 valence electrons. The van der Waals surface area contributed by atoms with E-state index in [0.717, 1.165) is 70.6 Å². The molecule has 0 radical (unpaired) electrons. The average Bonchev–Trinajstić information content (AvgIpc) is 3.46. The normalized spacial score (nSPS) is 24.1. The number of ether oxygens (including phenoxy) is 6. The van der Waals surface area contributed by atoms with Crippen molar-refractivity contribution in [3.63, 3.8) is 0 Å². The van der Waals surface area contributed by atoms with Crippen molar-refractivity contribution in [1.29, 1.82) is 0 Å². The number of hydrogen-bond donors (Lipinski definition) is 7. The fourth-order valence-corrected chi connectivity index (χ4v) is 10.4. The Bertz CT molecular complexity index is 1510. The fourth-order valence-electron chi connectivity index (χ4n) is 10.4. The van der Waals surface area contributed by atoms with Gasteiger partial charge in [0, 0.05) is 13.0 Å². The van der Waals surface area contributed by atoms with Crippen LogP contribution in [0.1, 0.15) is 264 Å². The first kappa shape index (κ1) is 74.1. The molecule has 7 N–H and O–H groups in total. The van der Waals surface area contributed by atoms with E-state index in [1.165, 1.54) is 167 Å². The van der Waals surface area contributed by atoms with E-state index in [2.05, 4.69) is 62.5 Å². The van der Waals surface area contributed by atoms with Crippen LogP contribution in [0.2, 0.25) is 0 Å². The van der Waals surface area contributed by atoms with Gasteiger partial charge in [0.2, 0.25) is 0 Å². The zero-order chi connectivity index (χ0) is 57.9. The fraction of sp³-hybridized carbons (Fsp3) is 0.864. The van der Waals surface area contributed by atoms with Crippen LogP contribution < -0.4 is 0 Å². The third kappa shape index (κ3) is 38.0. The minimum atomic E-state index is -1.71. The van der Waals surface area contributed by atoms with Crippen molar-refractivity contribution < 1.29 is 69.0 Å². The second-order valence-corrected chi connectivity index (χ2v) is 22.9. The molecule has 0 amide bonds. The summed E-state index contributed by atoms with van der Waals surface area (Å²) in [5.74, 6) is -0.376. The molecule has 80 heavy (non-hydrogen) atoms. The zero-order valence-electron chi connectivity index (χ0n) is 50.6. The largest absolute Gasteiger partial charge is 0.457 e. The number of aliphatic hydroxyl groups is 7. The second kappa shape index (κ2) is 52.5. The van der Waals surface area contributed by atoms with Gasteiger partial charge >= 0.3 is 5.97 Å². The monoisotopic (exact) mass is 1140 g/mol. The predicted octanol–water partition coefficient (Wildman–Crippen LogP) is 13.0. The van der Waals surface area contributed by atoms with Crippen LogP contribution in [-0.4, -0.2) is 142 Å². The predicted molar refractivity (Wildman–Crippen MR) is 321 cm³/mol. The number of carbonyl (C=O) groups is 1. The summed E-state index contributed by atoms with van der Waals surface area (Å²) >= 11 is 0. The van der Waals surface area contributed by atoms with Crippen LogP contribution in [0.25, 0.3) is 0 Å². The van der Waals surface area contributed by atoms with E-state index in [0.29, 0.717) is 13.0 Å². The molecule has 14 heteroatoms. The molecule has 0 bridgehead atoms. The summed E-state index contributed by atoms with van der Waals surface area (Å²) in [7, 11) is 0. The molecule has 2 heterocycles. The summed E-state index contributed by atoms with van der Waals surface area (Å²) < 4.78 is 34.5. The Morgan fingerprint density at radius 2 is 0.812 bits per heavy atom. The highest BCUT2D eigenvalue weighted by atomic mass is 16.7. The molecule has 2 rings (SSSR count). The Morgan fingerprint density at radius 3 is 1.27 bits per heavy atom. The molecule has 0 saturated carbocycles. The standard InChI is InChI=1S/C66H120O14/c1-3-5-7-9-11-13-15-17-19-21-23-25-27-29-31-33-35-37-39-41-43-45-47-49-58(68)78-55(53-76-65-64(74)62(72)60(70)57(80-65)54-77-66-63(73)61(71)59(69)56(51-67)79-66)52-75-50-48-46-44-42-40-38-36-34-32-30-28-26-24-22-20-18-16-14-12-10-8-6-4-2/h5,7,11,13,17,19,23,25,55-57,59-67,69-74H,3-4,6,8-10,12,14-16,18,20-22,24,26-54H2,1-2H3/b7-5-,13-11-,19-17-,25-23-. The molecule has 2 aliphatic rings.